The summed E-state index contributed by atoms with van der Waals surface area (Å²) in [7, 11) is 0. The SMILES string of the molecule is CCOC(=O)c1cnn(CC(C)=O)c1. The van der Waals surface area contributed by atoms with Crippen LogP contribution in [0.1, 0.15) is 24.2 Å². The molecule has 0 fully saturated rings. The molecule has 0 unspecified atom stereocenters. The minimum atomic E-state index is -0.415. The highest BCUT2D eigenvalue weighted by Crippen LogP contribution is 2.00. The van der Waals surface area contributed by atoms with Crippen LogP contribution in [0.2, 0.25) is 0 Å². The number of carbonyl (C=O) groups excluding carboxylic acids is 2. The van der Waals surface area contributed by atoms with Crippen LogP contribution in [0.25, 0.3) is 0 Å². The minimum absolute atomic E-state index is 0.0106. The molecule has 0 atom stereocenters. The first kappa shape index (κ1) is 10.4. The number of hydrogen-bond donors (Lipinski definition) is 0. The molecule has 5 nitrogen and oxygen atoms in total. The number of ether oxygens (including phenoxy) is 1. The molecule has 0 aliphatic carbocycles. The smallest absolute Gasteiger partial charge is 0.341 e. The van der Waals surface area contributed by atoms with Gasteiger partial charge in [-0.2, -0.15) is 5.10 Å². The van der Waals surface area contributed by atoms with Gasteiger partial charge in [0.15, 0.2) is 5.78 Å². The first-order valence-electron chi connectivity index (χ1n) is 4.32. The van der Waals surface area contributed by atoms with E-state index in [0.29, 0.717) is 12.2 Å². The molecule has 0 radical (unpaired) electrons. The number of esters is 1. The summed E-state index contributed by atoms with van der Waals surface area (Å²) in [5, 5.41) is 3.85. The van der Waals surface area contributed by atoms with E-state index in [-0.39, 0.29) is 12.3 Å². The van der Waals surface area contributed by atoms with Crippen molar-refractivity contribution in [3.8, 4) is 0 Å². The Kier molecular flexibility index (Phi) is 3.39. The largest absolute Gasteiger partial charge is 0.462 e. The monoisotopic (exact) mass is 196 g/mol. The van der Waals surface area contributed by atoms with Crippen LogP contribution in [0, 0.1) is 0 Å². The van der Waals surface area contributed by atoms with Gasteiger partial charge in [0, 0.05) is 6.20 Å². The van der Waals surface area contributed by atoms with Crippen molar-refractivity contribution in [2.75, 3.05) is 6.61 Å². The number of Topliss-reactive ketones (excluding diaryl/α,β-unsaturated/α-hetero) is 1. The molecule has 0 bridgehead atoms. The Balaban J connectivity index is 2.67. The molecule has 0 aliphatic heterocycles. The van der Waals surface area contributed by atoms with Crippen LogP contribution >= 0.6 is 0 Å². The number of rotatable bonds is 4. The van der Waals surface area contributed by atoms with Crippen molar-refractivity contribution in [3.05, 3.63) is 18.0 Å². The van der Waals surface area contributed by atoms with Gasteiger partial charge in [0.05, 0.1) is 24.9 Å². The third-order valence-electron chi connectivity index (χ3n) is 1.53. The Bertz CT molecular complexity index is 344. The second-order valence-electron chi connectivity index (χ2n) is 2.85. The molecule has 0 aliphatic rings. The van der Waals surface area contributed by atoms with Crippen molar-refractivity contribution in [2.24, 2.45) is 0 Å². The Morgan fingerprint density at radius 3 is 2.86 bits per heavy atom. The van der Waals surface area contributed by atoms with Crippen LogP contribution in [-0.2, 0) is 16.1 Å². The highest BCUT2D eigenvalue weighted by atomic mass is 16.5. The van der Waals surface area contributed by atoms with E-state index in [1.165, 1.54) is 24.0 Å². The number of carbonyl (C=O) groups is 2. The molecule has 1 aromatic rings. The summed E-state index contributed by atoms with van der Waals surface area (Å²) < 4.78 is 6.18. The predicted molar refractivity (Wildman–Crippen MR) is 48.9 cm³/mol. The molecular formula is C9H12N2O3. The van der Waals surface area contributed by atoms with E-state index < -0.39 is 5.97 Å². The molecule has 5 heteroatoms. The third-order valence-corrected chi connectivity index (χ3v) is 1.53. The molecule has 1 heterocycles. The van der Waals surface area contributed by atoms with E-state index >= 15 is 0 Å². The van der Waals surface area contributed by atoms with Crippen LogP contribution in [0.4, 0.5) is 0 Å². The highest BCUT2D eigenvalue weighted by molar-refractivity contribution is 5.88. The summed E-state index contributed by atoms with van der Waals surface area (Å²) in [6, 6.07) is 0. The predicted octanol–water partition coefficient (Wildman–Crippen LogP) is 0.649. The lowest BCUT2D eigenvalue weighted by Gasteiger charge is -1.97. The summed E-state index contributed by atoms with van der Waals surface area (Å²) in [6.07, 6.45) is 2.89. The molecule has 0 saturated heterocycles. The summed E-state index contributed by atoms with van der Waals surface area (Å²) in [4.78, 5) is 21.9. The van der Waals surface area contributed by atoms with E-state index in [1.807, 2.05) is 0 Å². The molecule has 76 valence electrons. The zero-order valence-corrected chi connectivity index (χ0v) is 8.19. The van der Waals surface area contributed by atoms with Gasteiger partial charge in [-0.25, -0.2) is 4.79 Å². The fraction of sp³-hybridized carbons (Fsp3) is 0.444. The lowest BCUT2D eigenvalue weighted by atomic mass is 10.4. The second kappa shape index (κ2) is 4.55. The van der Waals surface area contributed by atoms with E-state index in [9.17, 15) is 9.59 Å². The van der Waals surface area contributed by atoms with Crippen LogP contribution < -0.4 is 0 Å². The maximum atomic E-state index is 11.2. The third kappa shape index (κ3) is 2.69. The van der Waals surface area contributed by atoms with Gasteiger partial charge in [0.25, 0.3) is 0 Å². The average molecular weight is 196 g/mol. The Morgan fingerprint density at radius 1 is 1.57 bits per heavy atom. The van der Waals surface area contributed by atoms with Crippen molar-refractivity contribution < 1.29 is 14.3 Å². The number of ketones is 1. The van der Waals surface area contributed by atoms with Crippen LogP contribution in [0.15, 0.2) is 12.4 Å². The van der Waals surface area contributed by atoms with Crippen LogP contribution in [0.5, 0.6) is 0 Å². The van der Waals surface area contributed by atoms with Gasteiger partial charge in [-0.05, 0) is 13.8 Å². The van der Waals surface area contributed by atoms with Gasteiger partial charge in [-0.15, -0.1) is 0 Å². The number of nitrogens with zero attached hydrogens (tertiary/aromatic N) is 2. The molecule has 1 aromatic heterocycles. The first-order chi connectivity index (χ1) is 6.63. The number of hydrogen-bond acceptors (Lipinski definition) is 4. The molecule has 14 heavy (non-hydrogen) atoms. The lowest BCUT2D eigenvalue weighted by molar-refractivity contribution is -0.117. The number of aromatic nitrogens is 2. The van der Waals surface area contributed by atoms with Crippen molar-refractivity contribution >= 4 is 11.8 Å². The standard InChI is InChI=1S/C9H12N2O3/c1-3-14-9(13)8-4-10-11(6-8)5-7(2)12/h4,6H,3,5H2,1-2H3. The van der Waals surface area contributed by atoms with Gasteiger partial charge in [0.2, 0.25) is 0 Å². The Hall–Kier alpha value is -1.65. The van der Waals surface area contributed by atoms with Crippen LogP contribution in [0.3, 0.4) is 0 Å². The first-order valence-corrected chi connectivity index (χ1v) is 4.32. The molecule has 0 N–H and O–H groups in total. The molecule has 0 spiro atoms. The fourth-order valence-corrected chi connectivity index (χ4v) is 0.998. The van der Waals surface area contributed by atoms with Gasteiger partial charge in [-0.3, -0.25) is 9.48 Å². The minimum Gasteiger partial charge on any atom is -0.462 e. The van der Waals surface area contributed by atoms with Crippen molar-refractivity contribution in [2.45, 2.75) is 20.4 Å². The zero-order valence-electron chi connectivity index (χ0n) is 8.19. The lowest BCUT2D eigenvalue weighted by Crippen LogP contribution is -2.07. The highest BCUT2D eigenvalue weighted by Gasteiger charge is 2.09. The average Bonchev–Trinajstić information content (AvgIpc) is 2.52. The molecule has 0 saturated carbocycles. The van der Waals surface area contributed by atoms with E-state index in [2.05, 4.69) is 5.10 Å². The fourth-order valence-electron chi connectivity index (χ4n) is 0.998. The maximum absolute atomic E-state index is 11.2. The summed E-state index contributed by atoms with van der Waals surface area (Å²) in [5.74, 6) is -0.425. The van der Waals surface area contributed by atoms with Crippen molar-refractivity contribution in [1.82, 2.24) is 9.78 Å². The molecular weight excluding hydrogens is 184 g/mol. The summed E-state index contributed by atoms with van der Waals surface area (Å²) in [5.41, 5.74) is 0.369. The zero-order chi connectivity index (χ0) is 10.6. The van der Waals surface area contributed by atoms with E-state index in [0.717, 1.165) is 0 Å². The van der Waals surface area contributed by atoms with Gasteiger partial charge in [0.1, 0.15) is 0 Å². The van der Waals surface area contributed by atoms with Gasteiger partial charge < -0.3 is 4.74 Å². The molecule has 1 rings (SSSR count). The van der Waals surface area contributed by atoms with Crippen molar-refractivity contribution in [1.29, 1.82) is 0 Å². The topological polar surface area (TPSA) is 61.2 Å². The molecule has 0 amide bonds. The maximum Gasteiger partial charge on any atom is 0.341 e. The van der Waals surface area contributed by atoms with Gasteiger partial charge in [-0.1, -0.05) is 0 Å². The normalized spacial score (nSPS) is 9.86. The Labute approximate surface area is 81.7 Å². The van der Waals surface area contributed by atoms with Crippen LogP contribution in [-0.4, -0.2) is 28.1 Å². The van der Waals surface area contributed by atoms with E-state index in [1.54, 1.807) is 6.92 Å². The van der Waals surface area contributed by atoms with E-state index in [4.69, 9.17) is 4.74 Å². The van der Waals surface area contributed by atoms with Crippen molar-refractivity contribution in [3.63, 3.8) is 0 Å². The molecule has 0 aromatic carbocycles. The van der Waals surface area contributed by atoms with Gasteiger partial charge >= 0.3 is 5.97 Å². The Morgan fingerprint density at radius 2 is 2.29 bits per heavy atom. The summed E-state index contributed by atoms with van der Waals surface area (Å²) in [6.45, 7) is 3.71. The second-order valence-corrected chi connectivity index (χ2v) is 2.85. The quantitative estimate of drug-likeness (QED) is 0.663. The summed E-state index contributed by atoms with van der Waals surface area (Å²) >= 11 is 0.